The summed E-state index contributed by atoms with van der Waals surface area (Å²) >= 11 is 13.0. The molecule has 2 aromatic rings. The molecule has 0 spiro atoms. The Morgan fingerprint density at radius 3 is 2.55 bits per heavy atom. The van der Waals surface area contributed by atoms with Gasteiger partial charge in [-0.2, -0.15) is 0 Å². The highest BCUT2D eigenvalue weighted by atomic mass is 35.5. The van der Waals surface area contributed by atoms with Crippen LogP contribution < -0.4 is 15.4 Å². The molecule has 0 aliphatic carbocycles. The van der Waals surface area contributed by atoms with E-state index in [2.05, 4.69) is 10.6 Å². The minimum atomic E-state index is -0.574. The Bertz CT molecular complexity index is 993. The zero-order valence-corrected chi connectivity index (χ0v) is 21.2. The van der Waals surface area contributed by atoms with Crippen molar-refractivity contribution in [1.82, 2.24) is 5.32 Å². The van der Waals surface area contributed by atoms with Crippen LogP contribution in [0.4, 0.5) is 5.00 Å². The summed E-state index contributed by atoms with van der Waals surface area (Å²) < 4.78 is 10.7. The second-order valence-corrected chi connectivity index (χ2v) is 9.03. The summed E-state index contributed by atoms with van der Waals surface area (Å²) in [5.74, 6) is -0.663. The van der Waals surface area contributed by atoms with E-state index in [9.17, 15) is 14.4 Å². The first-order valence-corrected chi connectivity index (χ1v) is 12.3. The molecule has 1 aromatic carbocycles. The lowest BCUT2D eigenvalue weighted by Gasteiger charge is -2.09. The summed E-state index contributed by atoms with van der Waals surface area (Å²) in [6.45, 7) is 6.41. The molecular weight excluding hydrogens is 487 g/mol. The molecule has 2 rings (SSSR count). The van der Waals surface area contributed by atoms with Gasteiger partial charge in [0.1, 0.15) is 10.8 Å². The number of esters is 1. The number of carbonyl (C=O) groups is 3. The molecule has 0 aliphatic rings. The van der Waals surface area contributed by atoms with Crippen molar-refractivity contribution in [1.29, 1.82) is 0 Å². The summed E-state index contributed by atoms with van der Waals surface area (Å²) in [6, 6.07) is 4.91. The minimum Gasteiger partial charge on any atom is -0.492 e. The van der Waals surface area contributed by atoms with Crippen LogP contribution in [0.1, 0.15) is 65.1 Å². The molecule has 1 heterocycles. The van der Waals surface area contributed by atoms with E-state index in [4.69, 9.17) is 32.7 Å². The largest absolute Gasteiger partial charge is 0.492 e. The topological polar surface area (TPSA) is 93.7 Å². The molecule has 0 radical (unpaired) electrons. The molecule has 2 N–H and O–H groups in total. The van der Waals surface area contributed by atoms with Crippen LogP contribution in [0.5, 0.6) is 5.75 Å². The van der Waals surface area contributed by atoms with E-state index in [-0.39, 0.29) is 37.0 Å². The van der Waals surface area contributed by atoms with Crippen molar-refractivity contribution in [2.24, 2.45) is 0 Å². The molecule has 10 heteroatoms. The standard InChI is InChI=1S/C23H28Cl2N2O5S/c1-4-6-11-26-21(29)20-14(3)19(23(30)31-5-2)22(33-20)27-18(28)8-7-12-32-17-10-9-15(24)13-16(17)25/h9-10,13H,4-8,11-12H2,1-3H3,(H,26,29)(H,27,28). The van der Waals surface area contributed by atoms with Crippen molar-refractivity contribution in [3.63, 3.8) is 0 Å². The quantitative estimate of drug-likeness (QED) is 0.273. The van der Waals surface area contributed by atoms with Gasteiger partial charge >= 0.3 is 5.97 Å². The fourth-order valence-corrected chi connectivity index (χ4v) is 4.51. The highest BCUT2D eigenvalue weighted by Gasteiger charge is 2.26. The van der Waals surface area contributed by atoms with E-state index in [1.54, 1.807) is 32.0 Å². The van der Waals surface area contributed by atoms with Crippen LogP contribution in [0.2, 0.25) is 10.0 Å². The summed E-state index contributed by atoms with van der Waals surface area (Å²) in [4.78, 5) is 38.0. The Hall–Kier alpha value is -2.29. The highest BCUT2D eigenvalue weighted by Crippen LogP contribution is 2.34. The van der Waals surface area contributed by atoms with Gasteiger partial charge in [-0.25, -0.2) is 4.79 Å². The van der Waals surface area contributed by atoms with E-state index in [1.165, 1.54) is 0 Å². The summed E-state index contributed by atoms with van der Waals surface area (Å²) in [5.41, 5.74) is 0.698. The van der Waals surface area contributed by atoms with E-state index >= 15 is 0 Å². The number of anilines is 1. The number of hydrogen-bond acceptors (Lipinski definition) is 6. The average Bonchev–Trinajstić information content (AvgIpc) is 3.08. The third-order valence-corrected chi connectivity index (χ3v) is 6.34. The first kappa shape index (κ1) is 27.0. The average molecular weight is 515 g/mol. The van der Waals surface area contributed by atoms with Crippen molar-refractivity contribution in [3.8, 4) is 5.75 Å². The first-order chi connectivity index (χ1) is 15.8. The van der Waals surface area contributed by atoms with Crippen LogP contribution in [0, 0.1) is 6.92 Å². The number of amides is 2. The fourth-order valence-electron chi connectivity index (χ4n) is 2.92. The van der Waals surface area contributed by atoms with Gasteiger partial charge in [0.15, 0.2) is 0 Å². The number of carbonyl (C=O) groups excluding carboxylic acids is 3. The fraction of sp³-hybridized carbons (Fsp3) is 0.435. The van der Waals surface area contributed by atoms with Gasteiger partial charge in [-0.05, 0) is 50.5 Å². The van der Waals surface area contributed by atoms with Crippen molar-refractivity contribution >= 4 is 57.3 Å². The lowest BCUT2D eigenvalue weighted by Crippen LogP contribution is -2.24. The Kier molecular flexibility index (Phi) is 11.0. The van der Waals surface area contributed by atoms with Gasteiger partial charge in [-0.1, -0.05) is 36.5 Å². The highest BCUT2D eigenvalue weighted by molar-refractivity contribution is 7.18. The van der Waals surface area contributed by atoms with Crippen LogP contribution in [-0.4, -0.2) is 37.5 Å². The zero-order valence-electron chi connectivity index (χ0n) is 18.9. The Morgan fingerprint density at radius 2 is 1.88 bits per heavy atom. The van der Waals surface area contributed by atoms with Gasteiger partial charge in [-0.3, -0.25) is 9.59 Å². The van der Waals surface area contributed by atoms with Crippen LogP contribution in [0.3, 0.4) is 0 Å². The molecule has 0 saturated carbocycles. The summed E-state index contributed by atoms with van der Waals surface area (Å²) in [5, 5.41) is 6.80. The van der Waals surface area contributed by atoms with Crippen LogP contribution in [-0.2, 0) is 9.53 Å². The van der Waals surface area contributed by atoms with Crippen molar-refractivity contribution in [2.75, 3.05) is 25.1 Å². The van der Waals surface area contributed by atoms with Crippen molar-refractivity contribution in [3.05, 3.63) is 44.2 Å². The van der Waals surface area contributed by atoms with Crippen molar-refractivity contribution < 1.29 is 23.9 Å². The predicted molar refractivity (Wildman–Crippen MR) is 132 cm³/mol. The molecule has 0 fully saturated rings. The third kappa shape index (κ3) is 7.91. The van der Waals surface area contributed by atoms with E-state index in [0.717, 1.165) is 24.2 Å². The maximum Gasteiger partial charge on any atom is 0.341 e. The normalized spacial score (nSPS) is 10.6. The van der Waals surface area contributed by atoms with E-state index in [1.807, 2.05) is 6.92 Å². The number of thiophene rings is 1. The van der Waals surface area contributed by atoms with Crippen molar-refractivity contribution in [2.45, 2.75) is 46.5 Å². The molecule has 1 aromatic heterocycles. The molecule has 33 heavy (non-hydrogen) atoms. The number of rotatable bonds is 12. The Labute approximate surface area is 207 Å². The number of unbranched alkanes of at least 4 members (excludes halogenated alkanes) is 1. The molecule has 7 nitrogen and oxygen atoms in total. The number of ether oxygens (including phenoxy) is 2. The predicted octanol–water partition coefficient (Wildman–Crippen LogP) is 5.87. The maximum absolute atomic E-state index is 12.6. The molecule has 0 saturated heterocycles. The van der Waals surface area contributed by atoms with Gasteiger partial charge in [0.25, 0.3) is 5.91 Å². The van der Waals surface area contributed by atoms with Gasteiger partial charge in [-0.15, -0.1) is 11.3 Å². The van der Waals surface area contributed by atoms with Crippen LogP contribution in [0.25, 0.3) is 0 Å². The van der Waals surface area contributed by atoms with Gasteiger partial charge < -0.3 is 20.1 Å². The molecule has 2 amide bonds. The smallest absolute Gasteiger partial charge is 0.341 e. The molecule has 0 atom stereocenters. The number of halogens is 2. The molecular formula is C23H28Cl2N2O5S. The van der Waals surface area contributed by atoms with Gasteiger partial charge in [0, 0.05) is 18.0 Å². The zero-order chi connectivity index (χ0) is 24.4. The van der Waals surface area contributed by atoms with Gasteiger partial charge in [0.2, 0.25) is 5.91 Å². The lowest BCUT2D eigenvalue weighted by atomic mass is 10.1. The van der Waals surface area contributed by atoms with Gasteiger partial charge in [0.05, 0.1) is 28.7 Å². The summed E-state index contributed by atoms with van der Waals surface area (Å²) in [7, 11) is 0. The van der Waals surface area contributed by atoms with Crippen LogP contribution in [0.15, 0.2) is 18.2 Å². The number of benzene rings is 1. The SMILES string of the molecule is CCCCNC(=O)c1sc(NC(=O)CCCOc2ccc(Cl)cc2Cl)c(C(=O)OCC)c1C. The molecule has 0 unspecified atom stereocenters. The maximum atomic E-state index is 12.6. The van der Waals surface area contributed by atoms with E-state index in [0.29, 0.717) is 44.2 Å². The summed E-state index contributed by atoms with van der Waals surface area (Å²) in [6.07, 6.45) is 2.39. The second kappa shape index (κ2) is 13.4. The molecule has 0 bridgehead atoms. The lowest BCUT2D eigenvalue weighted by molar-refractivity contribution is -0.116. The number of nitrogens with one attached hydrogen (secondary N) is 2. The number of hydrogen-bond donors (Lipinski definition) is 2. The Balaban J connectivity index is 2.02. The first-order valence-electron chi connectivity index (χ1n) is 10.7. The second-order valence-electron chi connectivity index (χ2n) is 7.17. The van der Waals surface area contributed by atoms with E-state index < -0.39 is 5.97 Å². The monoisotopic (exact) mass is 514 g/mol. The molecule has 0 aliphatic heterocycles. The minimum absolute atomic E-state index is 0.155. The molecule has 180 valence electrons. The Morgan fingerprint density at radius 1 is 1.12 bits per heavy atom. The van der Waals surface area contributed by atoms with Crippen LogP contribution >= 0.6 is 34.5 Å². The third-order valence-electron chi connectivity index (χ3n) is 4.60.